The first kappa shape index (κ1) is 11.8. The molecule has 0 aliphatic carbocycles. The van der Waals surface area contributed by atoms with Gasteiger partial charge < -0.3 is 0 Å². The minimum Gasteiger partial charge on any atom is -0.224 e. The summed E-state index contributed by atoms with van der Waals surface area (Å²) < 4.78 is 23.2. The molecule has 5 heteroatoms. The third kappa shape index (κ3) is 3.15. The first-order valence-corrected chi connectivity index (χ1v) is 6.67. The predicted molar refractivity (Wildman–Crippen MR) is 58.8 cm³/mol. The smallest absolute Gasteiger partial charge is 0.178 e. The fourth-order valence-electron chi connectivity index (χ4n) is 1.00. The Labute approximate surface area is 93.8 Å². The molecule has 1 rings (SSSR count). The first-order chi connectivity index (χ1) is 6.56. The minimum absolute atomic E-state index is 0.0815. The van der Waals surface area contributed by atoms with Crippen molar-refractivity contribution in [2.75, 3.05) is 11.6 Å². The summed E-state index contributed by atoms with van der Waals surface area (Å²) in [6, 6.07) is 6.14. The Hall–Kier alpha value is -0.250. The Bertz CT molecular complexity index is 384. The van der Waals surface area contributed by atoms with E-state index in [4.69, 9.17) is 23.2 Å². The largest absolute Gasteiger partial charge is 0.224 e. The van der Waals surface area contributed by atoms with Crippen molar-refractivity contribution in [2.24, 2.45) is 0 Å². The molecule has 0 heterocycles. The second-order valence-corrected chi connectivity index (χ2v) is 5.74. The van der Waals surface area contributed by atoms with Gasteiger partial charge in [-0.3, -0.25) is 0 Å². The van der Waals surface area contributed by atoms with Crippen LogP contribution in [0.25, 0.3) is 0 Å². The fourth-order valence-corrected chi connectivity index (χ4v) is 2.73. The van der Waals surface area contributed by atoms with Gasteiger partial charge in [0.2, 0.25) is 0 Å². The van der Waals surface area contributed by atoms with Gasteiger partial charge in [0.1, 0.15) is 0 Å². The van der Waals surface area contributed by atoms with E-state index >= 15 is 0 Å². The molecule has 0 amide bonds. The maximum absolute atomic E-state index is 11.6. The molecule has 0 aliphatic heterocycles. The Morgan fingerprint density at radius 3 is 2.21 bits per heavy atom. The lowest BCUT2D eigenvalue weighted by Crippen LogP contribution is -2.06. The quantitative estimate of drug-likeness (QED) is 0.773. The Morgan fingerprint density at radius 1 is 1.14 bits per heavy atom. The van der Waals surface area contributed by atoms with Crippen molar-refractivity contribution >= 4 is 33.0 Å². The molecular weight excluding hydrogens is 243 g/mol. The molecule has 14 heavy (non-hydrogen) atoms. The maximum atomic E-state index is 11.6. The topological polar surface area (TPSA) is 34.1 Å². The summed E-state index contributed by atoms with van der Waals surface area (Å²) in [6.45, 7) is 0. The molecule has 0 saturated heterocycles. The van der Waals surface area contributed by atoms with Gasteiger partial charge >= 0.3 is 0 Å². The molecule has 0 bridgehead atoms. The average Bonchev–Trinajstić information content (AvgIpc) is 2.16. The first-order valence-electron chi connectivity index (χ1n) is 4.10. The molecule has 1 aromatic carbocycles. The highest BCUT2D eigenvalue weighted by molar-refractivity contribution is 7.91. The van der Waals surface area contributed by atoms with Crippen LogP contribution in [0.5, 0.6) is 0 Å². The van der Waals surface area contributed by atoms with E-state index in [2.05, 4.69) is 0 Å². The van der Waals surface area contributed by atoms with Crippen LogP contribution in [0.2, 0.25) is 5.02 Å². The van der Waals surface area contributed by atoms with E-state index in [1.807, 2.05) is 0 Å². The van der Waals surface area contributed by atoms with Crippen molar-refractivity contribution in [2.45, 2.75) is 11.3 Å². The lowest BCUT2D eigenvalue weighted by molar-refractivity contribution is 0.595. The lowest BCUT2D eigenvalue weighted by Gasteiger charge is -2.02. The van der Waals surface area contributed by atoms with Crippen LogP contribution in [0.1, 0.15) is 6.42 Å². The second kappa shape index (κ2) is 5.01. The number of sulfone groups is 1. The van der Waals surface area contributed by atoms with E-state index in [9.17, 15) is 8.42 Å². The van der Waals surface area contributed by atoms with Crippen LogP contribution < -0.4 is 0 Å². The Kier molecular flexibility index (Phi) is 4.23. The summed E-state index contributed by atoms with van der Waals surface area (Å²) >= 11 is 11.1. The van der Waals surface area contributed by atoms with Gasteiger partial charge in [-0.1, -0.05) is 11.6 Å². The van der Waals surface area contributed by atoms with E-state index in [0.717, 1.165) is 0 Å². The molecule has 0 aliphatic rings. The molecule has 0 unspecified atom stereocenters. The van der Waals surface area contributed by atoms with Gasteiger partial charge in [0.25, 0.3) is 0 Å². The number of halogens is 2. The van der Waals surface area contributed by atoms with Gasteiger partial charge in [-0.25, -0.2) is 8.42 Å². The second-order valence-electron chi connectivity index (χ2n) is 2.82. The predicted octanol–water partition coefficient (Wildman–Crippen LogP) is 2.74. The zero-order valence-electron chi connectivity index (χ0n) is 7.41. The Balaban J connectivity index is 2.87. The average molecular weight is 253 g/mol. The molecule has 0 spiro atoms. The SMILES string of the molecule is O=S(=O)(CCCCl)c1ccc(Cl)cc1. The van der Waals surface area contributed by atoms with E-state index < -0.39 is 9.84 Å². The molecule has 78 valence electrons. The number of hydrogen-bond donors (Lipinski definition) is 0. The van der Waals surface area contributed by atoms with Gasteiger partial charge in [0.15, 0.2) is 9.84 Å². The summed E-state index contributed by atoms with van der Waals surface area (Å²) in [6.07, 6.45) is 0.465. The molecule has 0 aromatic heterocycles. The number of rotatable bonds is 4. The highest BCUT2D eigenvalue weighted by atomic mass is 35.5. The van der Waals surface area contributed by atoms with Crippen molar-refractivity contribution < 1.29 is 8.42 Å². The third-order valence-electron chi connectivity index (χ3n) is 1.72. The summed E-state index contributed by atoms with van der Waals surface area (Å²) in [7, 11) is -3.18. The zero-order chi connectivity index (χ0) is 10.6. The van der Waals surface area contributed by atoms with Crippen LogP contribution >= 0.6 is 23.2 Å². The van der Waals surface area contributed by atoms with E-state index in [1.54, 1.807) is 12.1 Å². The monoisotopic (exact) mass is 252 g/mol. The van der Waals surface area contributed by atoms with Gasteiger partial charge in [-0.2, -0.15) is 0 Å². The van der Waals surface area contributed by atoms with Gasteiger partial charge in [-0.05, 0) is 30.7 Å². The van der Waals surface area contributed by atoms with Crippen LogP contribution in [0.3, 0.4) is 0 Å². The molecule has 0 atom stereocenters. The maximum Gasteiger partial charge on any atom is 0.178 e. The molecular formula is C9H10Cl2O2S. The van der Waals surface area contributed by atoms with Crippen LogP contribution in [-0.4, -0.2) is 20.1 Å². The van der Waals surface area contributed by atoms with Crippen molar-refractivity contribution in [1.82, 2.24) is 0 Å². The van der Waals surface area contributed by atoms with E-state index in [-0.39, 0.29) is 5.75 Å². The van der Waals surface area contributed by atoms with Crippen LogP contribution in [0.4, 0.5) is 0 Å². The zero-order valence-corrected chi connectivity index (χ0v) is 9.74. The highest BCUT2D eigenvalue weighted by Gasteiger charge is 2.12. The van der Waals surface area contributed by atoms with Crippen LogP contribution in [-0.2, 0) is 9.84 Å². The van der Waals surface area contributed by atoms with Crippen molar-refractivity contribution in [1.29, 1.82) is 0 Å². The summed E-state index contributed by atoms with van der Waals surface area (Å²) in [4.78, 5) is 0.298. The summed E-state index contributed by atoms with van der Waals surface area (Å²) in [5, 5.41) is 0.529. The van der Waals surface area contributed by atoms with Gasteiger partial charge in [-0.15, -0.1) is 11.6 Å². The highest BCUT2D eigenvalue weighted by Crippen LogP contribution is 2.15. The van der Waals surface area contributed by atoms with E-state index in [1.165, 1.54) is 12.1 Å². The number of hydrogen-bond acceptors (Lipinski definition) is 2. The third-order valence-corrected chi connectivity index (χ3v) is 4.06. The van der Waals surface area contributed by atoms with Crippen LogP contribution in [0.15, 0.2) is 29.2 Å². The summed E-state index contributed by atoms with van der Waals surface area (Å²) in [5.74, 6) is 0.435. The fraction of sp³-hybridized carbons (Fsp3) is 0.333. The van der Waals surface area contributed by atoms with Gasteiger partial charge in [0, 0.05) is 10.9 Å². The van der Waals surface area contributed by atoms with Crippen molar-refractivity contribution in [3.05, 3.63) is 29.3 Å². The molecule has 0 N–H and O–H groups in total. The molecule has 0 radical (unpaired) electrons. The molecule has 2 nitrogen and oxygen atoms in total. The Morgan fingerprint density at radius 2 is 1.71 bits per heavy atom. The molecule has 0 fully saturated rings. The minimum atomic E-state index is -3.18. The standard InChI is InChI=1S/C9H10Cl2O2S/c10-6-1-7-14(12,13)9-4-2-8(11)3-5-9/h2-5H,1,6-7H2. The number of benzene rings is 1. The molecule has 0 saturated carbocycles. The van der Waals surface area contributed by atoms with Crippen LogP contribution in [0, 0.1) is 0 Å². The van der Waals surface area contributed by atoms with E-state index in [0.29, 0.717) is 22.2 Å². The van der Waals surface area contributed by atoms with Crippen molar-refractivity contribution in [3.8, 4) is 0 Å². The lowest BCUT2D eigenvalue weighted by atomic mass is 10.4. The van der Waals surface area contributed by atoms with Gasteiger partial charge in [0.05, 0.1) is 10.6 Å². The summed E-state index contributed by atoms with van der Waals surface area (Å²) in [5.41, 5.74) is 0. The normalized spacial score (nSPS) is 11.6. The number of alkyl halides is 1. The van der Waals surface area contributed by atoms with Crippen molar-refractivity contribution in [3.63, 3.8) is 0 Å². The molecule has 1 aromatic rings.